The van der Waals surface area contributed by atoms with Crippen LogP contribution in [-0.4, -0.2) is 63.9 Å². The molecule has 0 amide bonds. The van der Waals surface area contributed by atoms with Crippen LogP contribution in [0.15, 0.2) is 53.5 Å². The van der Waals surface area contributed by atoms with Crippen LogP contribution in [0.4, 0.5) is 23.0 Å². The first kappa shape index (κ1) is 24.9. The molecule has 0 saturated carbocycles. The van der Waals surface area contributed by atoms with Crippen molar-refractivity contribution in [2.75, 3.05) is 50.2 Å². The van der Waals surface area contributed by atoms with E-state index in [2.05, 4.69) is 93.4 Å². The molecule has 3 N–H and O–H groups in total. The highest BCUT2D eigenvalue weighted by Gasteiger charge is 2.23. The molecule has 5 aromatic rings. The van der Waals surface area contributed by atoms with Crippen LogP contribution < -0.4 is 16.0 Å². The molecule has 1 aliphatic heterocycles. The summed E-state index contributed by atoms with van der Waals surface area (Å²) < 4.78 is 7.90. The van der Waals surface area contributed by atoms with Gasteiger partial charge in [-0.25, -0.2) is 9.97 Å². The summed E-state index contributed by atoms with van der Waals surface area (Å²) in [6.07, 6.45) is 7.45. The van der Waals surface area contributed by atoms with E-state index in [0.717, 1.165) is 66.1 Å². The number of hydrogen-bond donors (Lipinski definition) is 2. The summed E-state index contributed by atoms with van der Waals surface area (Å²) in [5.41, 5.74) is 15.2. The quantitative estimate of drug-likeness (QED) is 0.279. The molecule has 0 saturated heterocycles. The first-order valence-corrected chi connectivity index (χ1v) is 13.2. The third-order valence-electron chi connectivity index (χ3n) is 7.38. The van der Waals surface area contributed by atoms with Crippen molar-refractivity contribution in [3.63, 3.8) is 0 Å². The highest BCUT2D eigenvalue weighted by atomic mass is 16.4. The van der Waals surface area contributed by atoms with Crippen LogP contribution in [0.3, 0.4) is 0 Å². The fourth-order valence-corrected chi connectivity index (χ4v) is 5.30. The molecule has 0 aliphatic carbocycles. The lowest BCUT2D eigenvalue weighted by molar-refractivity contribution is 0.416. The Balaban J connectivity index is 1.40. The molecule has 0 unspecified atom stereocenters. The van der Waals surface area contributed by atoms with E-state index in [-0.39, 0.29) is 0 Å². The molecule has 200 valence electrons. The number of aryl methyl sites for hydroxylation is 3. The number of benzene rings is 2. The van der Waals surface area contributed by atoms with E-state index < -0.39 is 0 Å². The number of nitrogens with one attached hydrogen (secondary N) is 1. The average molecular weight is 524 g/mol. The predicted octanol–water partition coefficient (Wildman–Crippen LogP) is 4.73. The average Bonchev–Trinajstić information content (AvgIpc) is 3.59. The molecular formula is C29H33N9O. The normalized spacial score (nSPS) is 12.8. The molecule has 0 bridgehead atoms. The number of rotatable bonds is 8. The Morgan fingerprint density at radius 2 is 2.00 bits per heavy atom. The van der Waals surface area contributed by atoms with Gasteiger partial charge in [0.25, 0.3) is 5.89 Å². The maximum atomic E-state index is 6.49. The van der Waals surface area contributed by atoms with Gasteiger partial charge in [-0.15, -0.1) is 10.2 Å². The topological polar surface area (TPSA) is 114 Å². The zero-order valence-electron chi connectivity index (χ0n) is 22.8. The predicted molar refractivity (Wildman–Crippen MR) is 155 cm³/mol. The van der Waals surface area contributed by atoms with Gasteiger partial charge in [-0.05, 0) is 57.1 Å². The van der Waals surface area contributed by atoms with Crippen LogP contribution in [0.2, 0.25) is 0 Å². The van der Waals surface area contributed by atoms with Gasteiger partial charge in [-0.3, -0.25) is 0 Å². The van der Waals surface area contributed by atoms with Gasteiger partial charge < -0.3 is 29.8 Å². The van der Waals surface area contributed by atoms with Gasteiger partial charge in [0.2, 0.25) is 12.3 Å². The maximum Gasteiger partial charge on any atom is 0.251 e. The van der Waals surface area contributed by atoms with Crippen LogP contribution in [0.5, 0.6) is 0 Å². The lowest BCUT2D eigenvalue weighted by atomic mass is 10.0. The second-order valence-corrected chi connectivity index (χ2v) is 10.4. The summed E-state index contributed by atoms with van der Waals surface area (Å²) in [5.74, 6) is 0.852. The second-order valence-electron chi connectivity index (χ2n) is 10.4. The summed E-state index contributed by atoms with van der Waals surface area (Å²) in [4.78, 5) is 14.0. The van der Waals surface area contributed by atoms with Gasteiger partial charge in [0, 0.05) is 55.7 Å². The molecule has 0 spiro atoms. The molecule has 2 aromatic carbocycles. The Kier molecular flexibility index (Phi) is 6.40. The number of anilines is 4. The van der Waals surface area contributed by atoms with Gasteiger partial charge in [0.1, 0.15) is 0 Å². The smallest absolute Gasteiger partial charge is 0.251 e. The number of nitrogens with two attached hydrogens (primary N) is 1. The molecule has 1 aliphatic rings. The minimum absolute atomic E-state index is 0.383. The van der Waals surface area contributed by atoms with Gasteiger partial charge in [0.05, 0.1) is 28.1 Å². The van der Waals surface area contributed by atoms with Crippen molar-refractivity contribution in [1.82, 2.24) is 29.6 Å². The molecule has 0 atom stereocenters. The summed E-state index contributed by atoms with van der Waals surface area (Å²) >= 11 is 0. The van der Waals surface area contributed by atoms with Crippen LogP contribution >= 0.6 is 0 Å². The van der Waals surface area contributed by atoms with Crippen LogP contribution in [0.25, 0.3) is 33.6 Å². The monoisotopic (exact) mass is 523 g/mol. The molecule has 4 heterocycles. The van der Waals surface area contributed by atoms with Gasteiger partial charge in [0.15, 0.2) is 0 Å². The molecule has 6 rings (SSSR count). The van der Waals surface area contributed by atoms with E-state index in [1.807, 2.05) is 6.07 Å². The van der Waals surface area contributed by atoms with Crippen molar-refractivity contribution in [1.29, 1.82) is 0 Å². The standard InChI is InChI=1S/C29H33N9O/c1-18-13-25(37(4)12-11-36(2)3)23(30)14-24(18)33-29-31-15-21(28-35-32-17-39-28)26(34-29)22-16-38-10-6-8-19-7-5-9-20(22)27(19)38/h5,7,9,13-17H,6,8,10-12,30H2,1-4H3,(H,31,33,34). The van der Waals surface area contributed by atoms with Crippen molar-refractivity contribution < 1.29 is 4.42 Å². The van der Waals surface area contributed by atoms with E-state index in [0.29, 0.717) is 23.1 Å². The number of aromatic nitrogens is 5. The van der Waals surface area contributed by atoms with Crippen molar-refractivity contribution in [3.05, 3.63) is 60.2 Å². The summed E-state index contributed by atoms with van der Waals surface area (Å²) in [5, 5.41) is 12.6. The molecule has 10 nitrogen and oxygen atoms in total. The number of likely N-dealkylation sites (N-methyl/N-ethyl adjacent to an activating group) is 2. The van der Waals surface area contributed by atoms with Crippen molar-refractivity contribution in [2.45, 2.75) is 26.3 Å². The maximum absolute atomic E-state index is 6.49. The molecule has 3 aromatic heterocycles. The fourth-order valence-electron chi connectivity index (χ4n) is 5.30. The molecular weight excluding hydrogens is 490 g/mol. The van der Waals surface area contributed by atoms with Gasteiger partial charge in [-0.2, -0.15) is 0 Å². The Labute approximate surface area is 227 Å². The molecule has 0 radical (unpaired) electrons. The highest BCUT2D eigenvalue weighted by molar-refractivity contribution is 6.00. The molecule has 0 fully saturated rings. The van der Waals surface area contributed by atoms with Crippen molar-refractivity contribution in [2.24, 2.45) is 0 Å². The van der Waals surface area contributed by atoms with Gasteiger partial charge in [-0.1, -0.05) is 18.2 Å². The van der Waals surface area contributed by atoms with Crippen molar-refractivity contribution in [3.8, 4) is 22.7 Å². The third-order valence-corrected chi connectivity index (χ3v) is 7.38. The van der Waals surface area contributed by atoms with E-state index in [1.54, 1.807) is 6.20 Å². The minimum Gasteiger partial charge on any atom is -0.423 e. The van der Waals surface area contributed by atoms with E-state index in [9.17, 15) is 0 Å². The Morgan fingerprint density at radius 1 is 1.13 bits per heavy atom. The third kappa shape index (κ3) is 4.67. The van der Waals surface area contributed by atoms with Crippen LogP contribution in [-0.2, 0) is 13.0 Å². The Hall–Kier alpha value is -4.44. The fraction of sp³-hybridized carbons (Fsp3) is 0.310. The molecule has 10 heteroatoms. The Bertz CT molecular complexity index is 1640. The van der Waals surface area contributed by atoms with Crippen LogP contribution in [0.1, 0.15) is 17.5 Å². The van der Waals surface area contributed by atoms with E-state index in [1.165, 1.54) is 17.5 Å². The summed E-state index contributed by atoms with van der Waals surface area (Å²) in [6.45, 7) is 4.86. The van der Waals surface area contributed by atoms with E-state index in [4.69, 9.17) is 15.1 Å². The summed E-state index contributed by atoms with van der Waals surface area (Å²) in [6, 6.07) is 10.5. The largest absolute Gasteiger partial charge is 0.423 e. The highest BCUT2D eigenvalue weighted by Crippen LogP contribution is 2.39. The minimum atomic E-state index is 0.383. The number of hydrogen-bond acceptors (Lipinski definition) is 9. The zero-order valence-corrected chi connectivity index (χ0v) is 22.8. The number of para-hydroxylation sites is 1. The first-order chi connectivity index (χ1) is 18.9. The molecule has 39 heavy (non-hydrogen) atoms. The first-order valence-electron chi connectivity index (χ1n) is 13.2. The van der Waals surface area contributed by atoms with Gasteiger partial charge >= 0.3 is 0 Å². The SMILES string of the molecule is Cc1cc(N(C)CCN(C)C)c(N)cc1Nc1ncc(-c2nnco2)c(-c2cn3c4c(cccc24)CCC3)n1. The second kappa shape index (κ2) is 10.0. The van der Waals surface area contributed by atoms with E-state index >= 15 is 0 Å². The van der Waals surface area contributed by atoms with Crippen LogP contribution in [0, 0.1) is 6.92 Å². The van der Waals surface area contributed by atoms with Crippen molar-refractivity contribution >= 4 is 33.9 Å². The zero-order chi connectivity index (χ0) is 27.1. The summed E-state index contributed by atoms with van der Waals surface area (Å²) in [7, 11) is 6.20. The Morgan fingerprint density at radius 3 is 2.79 bits per heavy atom. The number of nitrogens with zero attached hydrogens (tertiary/aromatic N) is 7. The lowest BCUT2D eigenvalue weighted by Crippen LogP contribution is -2.29. The number of nitrogen functional groups attached to an aromatic ring is 1. The lowest BCUT2D eigenvalue weighted by Gasteiger charge is -2.24.